The van der Waals surface area contributed by atoms with Gasteiger partial charge in [-0.25, -0.2) is 0 Å². The standard InChI is InChI=1S/C11H9NO2/c1-2-10-11(14-7-13-10)5-8(1)9-3-4-12-6-9/h1-6,12H,7H2. The molecule has 70 valence electrons. The number of benzene rings is 1. The van der Waals surface area contributed by atoms with Crippen LogP contribution in [0.5, 0.6) is 11.5 Å². The summed E-state index contributed by atoms with van der Waals surface area (Å²) >= 11 is 0. The number of nitrogens with one attached hydrogen (secondary N) is 1. The minimum Gasteiger partial charge on any atom is -0.454 e. The highest BCUT2D eigenvalue weighted by Gasteiger charge is 2.13. The summed E-state index contributed by atoms with van der Waals surface area (Å²) in [6.45, 7) is 0.325. The molecule has 0 bridgehead atoms. The third-order valence-corrected chi connectivity index (χ3v) is 2.30. The summed E-state index contributed by atoms with van der Waals surface area (Å²) in [6.07, 6.45) is 3.86. The van der Waals surface area contributed by atoms with Crippen LogP contribution in [-0.2, 0) is 0 Å². The zero-order valence-corrected chi connectivity index (χ0v) is 7.49. The van der Waals surface area contributed by atoms with Gasteiger partial charge in [0.2, 0.25) is 6.79 Å². The Morgan fingerprint density at radius 2 is 1.93 bits per heavy atom. The van der Waals surface area contributed by atoms with Gasteiger partial charge in [0.25, 0.3) is 0 Å². The molecule has 0 saturated heterocycles. The van der Waals surface area contributed by atoms with Gasteiger partial charge in [-0.15, -0.1) is 0 Å². The van der Waals surface area contributed by atoms with Crippen molar-refractivity contribution in [1.82, 2.24) is 4.98 Å². The van der Waals surface area contributed by atoms with Gasteiger partial charge in [-0.1, -0.05) is 6.07 Å². The van der Waals surface area contributed by atoms with Gasteiger partial charge >= 0.3 is 0 Å². The number of aromatic nitrogens is 1. The molecule has 1 aromatic heterocycles. The average Bonchev–Trinajstić information content (AvgIpc) is 2.88. The van der Waals surface area contributed by atoms with E-state index in [1.54, 1.807) is 0 Å². The van der Waals surface area contributed by atoms with Crippen LogP contribution >= 0.6 is 0 Å². The molecule has 0 amide bonds. The van der Waals surface area contributed by atoms with Gasteiger partial charge in [0.05, 0.1) is 0 Å². The smallest absolute Gasteiger partial charge is 0.231 e. The first kappa shape index (κ1) is 7.50. The van der Waals surface area contributed by atoms with Crippen molar-refractivity contribution in [2.24, 2.45) is 0 Å². The first-order valence-corrected chi connectivity index (χ1v) is 4.46. The molecule has 0 aliphatic carbocycles. The van der Waals surface area contributed by atoms with E-state index >= 15 is 0 Å². The Labute approximate surface area is 81.3 Å². The van der Waals surface area contributed by atoms with Gasteiger partial charge in [0, 0.05) is 12.4 Å². The van der Waals surface area contributed by atoms with E-state index in [0.29, 0.717) is 6.79 Å². The van der Waals surface area contributed by atoms with Crippen molar-refractivity contribution >= 4 is 0 Å². The third kappa shape index (κ3) is 1.06. The van der Waals surface area contributed by atoms with Crippen LogP contribution in [0.1, 0.15) is 0 Å². The Balaban J connectivity index is 2.09. The van der Waals surface area contributed by atoms with Crippen LogP contribution in [0.15, 0.2) is 36.7 Å². The number of hydrogen-bond donors (Lipinski definition) is 1. The Kier molecular flexibility index (Phi) is 1.50. The summed E-state index contributed by atoms with van der Waals surface area (Å²) in [7, 11) is 0. The molecule has 14 heavy (non-hydrogen) atoms. The normalized spacial score (nSPS) is 13.1. The number of H-pyrrole nitrogens is 1. The van der Waals surface area contributed by atoms with E-state index in [-0.39, 0.29) is 0 Å². The van der Waals surface area contributed by atoms with Crippen LogP contribution in [0.3, 0.4) is 0 Å². The molecule has 0 spiro atoms. The van der Waals surface area contributed by atoms with E-state index in [4.69, 9.17) is 9.47 Å². The molecule has 0 saturated carbocycles. The lowest BCUT2D eigenvalue weighted by molar-refractivity contribution is 0.174. The van der Waals surface area contributed by atoms with E-state index in [2.05, 4.69) is 4.98 Å². The van der Waals surface area contributed by atoms with E-state index in [9.17, 15) is 0 Å². The molecule has 0 atom stereocenters. The van der Waals surface area contributed by atoms with Crippen molar-refractivity contribution in [3.05, 3.63) is 36.7 Å². The predicted octanol–water partition coefficient (Wildman–Crippen LogP) is 2.41. The maximum Gasteiger partial charge on any atom is 0.231 e. The number of hydrogen-bond acceptors (Lipinski definition) is 2. The number of aromatic amines is 1. The molecular weight excluding hydrogens is 178 g/mol. The molecule has 2 heterocycles. The van der Waals surface area contributed by atoms with Crippen molar-refractivity contribution in [3.8, 4) is 22.6 Å². The van der Waals surface area contributed by atoms with Crippen LogP contribution < -0.4 is 9.47 Å². The van der Waals surface area contributed by atoms with Gasteiger partial charge in [0.1, 0.15) is 0 Å². The molecular formula is C11H9NO2. The lowest BCUT2D eigenvalue weighted by Gasteiger charge is -1.99. The molecule has 0 radical (unpaired) electrons. The molecule has 1 N–H and O–H groups in total. The van der Waals surface area contributed by atoms with E-state index < -0.39 is 0 Å². The maximum atomic E-state index is 5.30. The fourth-order valence-electron chi connectivity index (χ4n) is 1.58. The summed E-state index contributed by atoms with van der Waals surface area (Å²) in [6, 6.07) is 7.98. The summed E-state index contributed by atoms with van der Waals surface area (Å²) in [4.78, 5) is 3.02. The average molecular weight is 187 g/mol. The molecule has 1 aliphatic rings. The summed E-state index contributed by atoms with van der Waals surface area (Å²) in [5.74, 6) is 1.65. The first-order valence-electron chi connectivity index (χ1n) is 4.46. The van der Waals surface area contributed by atoms with Crippen LogP contribution in [0.25, 0.3) is 11.1 Å². The molecule has 0 unspecified atom stereocenters. The molecule has 0 fully saturated rings. The molecule has 1 aromatic carbocycles. The van der Waals surface area contributed by atoms with Gasteiger partial charge < -0.3 is 14.5 Å². The second-order valence-corrected chi connectivity index (χ2v) is 3.17. The van der Waals surface area contributed by atoms with Crippen molar-refractivity contribution in [3.63, 3.8) is 0 Å². The van der Waals surface area contributed by atoms with E-state index in [1.807, 2.05) is 36.7 Å². The molecule has 3 heteroatoms. The lowest BCUT2D eigenvalue weighted by atomic mass is 10.1. The second kappa shape index (κ2) is 2.80. The van der Waals surface area contributed by atoms with Crippen LogP contribution in [0, 0.1) is 0 Å². The fourth-order valence-corrected chi connectivity index (χ4v) is 1.58. The summed E-state index contributed by atoms with van der Waals surface area (Å²) in [5.41, 5.74) is 2.29. The van der Waals surface area contributed by atoms with E-state index in [1.165, 1.54) is 0 Å². The van der Waals surface area contributed by atoms with Crippen molar-refractivity contribution in [2.75, 3.05) is 6.79 Å². The van der Waals surface area contributed by atoms with Gasteiger partial charge in [-0.2, -0.15) is 0 Å². The highest BCUT2D eigenvalue weighted by molar-refractivity contribution is 5.66. The lowest BCUT2D eigenvalue weighted by Crippen LogP contribution is -1.92. The van der Waals surface area contributed by atoms with Crippen LogP contribution in [0.2, 0.25) is 0 Å². The SMILES string of the molecule is c1cc(-c2ccc3c(c2)OCO3)c[nH]1. The summed E-state index contributed by atoms with van der Waals surface area (Å²) < 4.78 is 10.5. The maximum absolute atomic E-state index is 5.30. The fraction of sp³-hybridized carbons (Fsp3) is 0.0909. The Hall–Kier alpha value is -1.90. The zero-order chi connectivity index (χ0) is 9.38. The van der Waals surface area contributed by atoms with Crippen LogP contribution in [-0.4, -0.2) is 11.8 Å². The zero-order valence-electron chi connectivity index (χ0n) is 7.49. The quantitative estimate of drug-likeness (QED) is 0.743. The second-order valence-electron chi connectivity index (χ2n) is 3.17. The Bertz CT molecular complexity index is 448. The van der Waals surface area contributed by atoms with Crippen molar-refractivity contribution < 1.29 is 9.47 Å². The highest BCUT2D eigenvalue weighted by atomic mass is 16.7. The predicted molar refractivity (Wildman–Crippen MR) is 52.4 cm³/mol. The van der Waals surface area contributed by atoms with E-state index in [0.717, 1.165) is 22.6 Å². The van der Waals surface area contributed by atoms with Gasteiger partial charge in [-0.05, 0) is 29.3 Å². The Morgan fingerprint density at radius 3 is 2.79 bits per heavy atom. The van der Waals surface area contributed by atoms with Gasteiger partial charge in [0.15, 0.2) is 11.5 Å². The van der Waals surface area contributed by atoms with Crippen LogP contribution in [0.4, 0.5) is 0 Å². The highest BCUT2D eigenvalue weighted by Crippen LogP contribution is 2.35. The number of ether oxygens (including phenoxy) is 2. The molecule has 3 rings (SSSR count). The molecule has 2 aromatic rings. The minimum atomic E-state index is 0.325. The van der Waals surface area contributed by atoms with Crippen molar-refractivity contribution in [2.45, 2.75) is 0 Å². The number of rotatable bonds is 1. The largest absolute Gasteiger partial charge is 0.454 e. The minimum absolute atomic E-state index is 0.325. The summed E-state index contributed by atoms with van der Waals surface area (Å²) in [5, 5.41) is 0. The number of fused-ring (bicyclic) bond motifs is 1. The topological polar surface area (TPSA) is 34.2 Å². The molecule has 1 aliphatic heterocycles. The van der Waals surface area contributed by atoms with Gasteiger partial charge in [-0.3, -0.25) is 0 Å². The first-order chi connectivity index (χ1) is 6.93. The third-order valence-electron chi connectivity index (χ3n) is 2.30. The molecule has 3 nitrogen and oxygen atoms in total. The van der Waals surface area contributed by atoms with Crippen molar-refractivity contribution in [1.29, 1.82) is 0 Å². The monoisotopic (exact) mass is 187 g/mol. The Morgan fingerprint density at radius 1 is 1.00 bits per heavy atom.